The molecule has 154 valence electrons. The van der Waals surface area contributed by atoms with Gasteiger partial charge in [-0.05, 0) is 39.8 Å². The van der Waals surface area contributed by atoms with Crippen LogP contribution in [0, 0.1) is 34.1 Å². The lowest BCUT2D eigenvalue weighted by Crippen LogP contribution is -2.30. The highest BCUT2D eigenvalue weighted by Crippen LogP contribution is 2.23. The van der Waals surface area contributed by atoms with Gasteiger partial charge in [-0.3, -0.25) is 25.0 Å². The average molecular weight is 403 g/mol. The highest BCUT2D eigenvalue weighted by Gasteiger charge is 2.22. The first-order valence-electron chi connectivity index (χ1n) is 8.49. The molecule has 0 aliphatic carbocycles. The molecule has 0 saturated heterocycles. The van der Waals surface area contributed by atoms with E-state index in [1.807, 2.05) is 0 Å². The van der Waals surface area contributed by atoms with E-state index in [0.29, 0.717) is 11.1 Å². The zero-order valence-electron chi connectivity index (χ0n) is 16.3. The van der Waals surface area contributed by atoms with Gasteiger partial charge in [-0.2, -0.15) is 0 Å². The molecule has 0 atom stereocenters. The Morgan fingerprint density at radius 2 is 1.31 bits per heavy atom. The Morgan fingerprint density at radius 3 is 1.66 bits per heavy atom. The summed E-state index contributed by atoms with van der Waals surface area (Å²) in [6.07, 6.45) is 0. The molecule has 0 fully saturated rings. The summed E-state index contributed by atoms with van der Waals surface area (Å²) in [6, 6.07) is 8.86. The predicted molar refractivity (Wildman–Crippen MR) is 105 cm³/mol. The van der Waals surface area contributed by atoms with Crippen molar-refractivity contribution in [1.29, 1.82) is 0 Å². The molecule has 10 heteroatoms. The number of nitrogens with one attached hydrogen (secondary N) is 1. The third-order valence-corrected chi connectivity index (χ3v) is 3.74. The van der Waals surface area contributed by atoms with Gasteiger partial charge in [0.1, 0.15) is 11.1 Å². The van der Waals surface area contributed by atoms with Gasteiger partial charge >= 0.3 is 5.97 Å². The van der Waals surface area contributed by atoms with Crippen LogP contribution in [0.25, 0.3) is 0 Å². The fourth-order valence-corrected chi connectivity index (χ4v) is 2.50. The number of nitro groups is 2. The van der Waals surface area contributed by atoms with E-state index in [9.17, 15) is 29.8 Å². The topological polar surface area (TPSA) is 153 Å². The van der Waals surface area contributed by atoms with Crippen molar-refractivity contribution in [2.75, 3.05) is 0 Å². The average Bonchev–Trinajstić information content (AvgIpc) is 2.60. The van der Waals surface area contributed by atoms with Crippen molar-refractivity contribution >= 4 is 23.3 Å². The molecule has 0 radical (unpaired) electrons. The van der Waals surface area contributed by atoms with Gasteiger partial charge in [-0.1, -0.05) is 24.3 Å². The van der Waals surface area contributed by atoms with Crippen LogP contribution in [0.4, 0.5) is 11.4 Å². The lowest BCUT2D eigenvalue weighted by Gasteiger charge is -2.09. The van der Waals surface area contributed by atoms with E-state index in [2.05, 4.69) is 5.32 Å². The van der Waals surface area contributed by atoms with E-state index in [-0.39, 0.29) is 28.5 Å². The van der Waals surface area contributed by atoms with Crippen LogP contribution in [0.2, 0.25) is 0 Å². The number of hydrogen-bond donors (Lipinski definition) is 2. The number of nitro benzene ring substituents is 2. The molecule has 1 amide bonds. The number of benzene rings is 2. The van der Waals surface area contributed by atoms with Crippen molar-refractivity contribution in [3.63, 3.8) is 0 Å². The summed E-state index contributed by atoms with van der Waals surface area (Å²) in [5.74, 6) is -1.69. The molecule has 2 rings (SSSR count). The molecule has 2 aromatic carbocycles. The highest BCUT2D eigenvalue weighted by molar-refractivity contribution is 5.98. The third-order valence-electron chi connectivity index (χ3n) is 3.74. The minimum atomic E-state index is -1.28. The SMILES string of the molecule is Cc1cccc(C(=O)NC(C)C)c1[N+](=O)[O-].Cc1cccc(C(=O)O)c1[N+](=O)[O-]. The summed E-state index contributed by atoms with van der Waals surface area (Å²) in [7, 11) is 0. The van der Waals surface area contributed by atoms with Gasteiger partial charge in [-0.25, -0.2) is 4.79 Å². The van der Waals surface area contributed by atoms with Crippen LogP contribution in [-0.4, -0.2) is 32.9 Å². The minimum Gasteiger partial charge on any atom is -0.477 e. The predicted octanol–water partition coefficient (Wildman–Crippen LogP) is 3.64. The van der Waals surface area contributed by atoms with Crippen molar-refractivity contribution in [3.8, 4) is 0 Å². The lowest BCUT2D eigenvalue weighted by molar-refractivity contribution is -0.385. The molecule has 0 unspecified atom stereocenters. The molecule has 0 bridgehead atoms. The normalized spacial score (nSPS) is 9.97. The van der Waals surface area contributed by atoms with Crippen molar-refractivity contribution in [2.45, 2.75) is 33.7 Å². The summed E-state index contributed by atoms with van der Waals surface area (Å²) >= 11 is 0. The summed E-state index contributed by atoms with van der Waals surface area (Å²) in [6.45, 7) is 6.73. The van der Waals surface area contributed by atoms with Crippen LogP contribution < -0.4 is 5.32 Å². The summed E-state index contributed by atoms with van der Waals surface area (Å²) < 4.78 is 0. The minimum absolute atomic E-state index is 0.0485. The zero-order valence-corrected chi connectivity index (χ0v) is 16.3. The second kappa shape index (κ2) is 9.93. The number of amides is 1. The molecule has 0 spiro atoms. The Balaban J connectivity index is 0.000000296. The molecule has 29 heavy (non-hydrogen) atoms. The summed E-state index contributed by atoms with van der Waals surface area (Å²) in [5.41, 5.74) is 0.214. The van der Waals surface area contributed by atoms with Crippen molar-refractivity contribution < 1.29 is 24.5 Å². The zero-order chi connectivity index (χ0) is 22.3. The van der Waals surface area contributed by atoms with Crippen LogP contribution in [-0.2, 0) is 0 Å². The number of carbonyl (C=O) groups excluding carboxylic acids is 1. The number of carbonyl (C=O) groups is 2. The van der Waals surface area contributed by atoms with E-state index < -0.39 is 21.7 Å². The van der Waals surface area contributed by atoms with Gasteiger partial charge in [0.15, 0.2) is 0 Å². The van der Waals surface area contributed by atoms with E-state index in [1.54, 1.807) is 32.9 Å². The van der Waals surface area contributed by atoms with Crippen LogP contribution in [0.1, 0.15) is 45.7 Å². The second-order valence-electron chi connectivity index (χ2n) is 6.39. The fraction of sp³-hybridized carbons (Fsp3) is 0.263. The Labute approximate surface area is 166 Å². The first kappa shape index (κ1) is 23.2. The maximum Gasteiger partial charge on any atom is 0.342 e. The Morgan fingerprint density at radius 1 is 0.897 bits per heavy atom. The van der Waals surface area contributed by atoms with Gasteiger partial charge in [-0.15, -0.1) is 0 Å². The summed E-state index contributed by atoms with van der Waals surface area (Å²) in [4.78, 5) is 42.4. The van der Waals surface area contributed by atoms with E-state index in [0.717, 1.165) is 0 Å². The number of para-hydroxylation sites is 2. The number of hydrogen-bond acceptors (Lipinski definition) is 6. The molecule has 2 aromatic rings. The second-order valence-corrected chi connectivity index (χ2v) is 6.39. The van der Waals surface area contributed by atoms with Crippen LogP contribution in [0.5, 0.6) is 0 Å². The van der Waals surface area contributed by atoms with Gasteiger partial charge in [0, 0.05) is 17.2 Å². The molecule has 0 aliphatic rings. The van der Waals surface area contributed by atoms with Crippen LogP contribution in [0.3, 0.4) is 0 Å². The molecular weight excluding hydrogens is 382 g/mol. The Kier molecular flexibility index (Phi) is 7.95. The number of rotatable bonds is 5. The molecule has 2 N–H and O–H groups in total. The lowest BCUT2D eigenvalue weighted by atomic mass is 10.1. The summed E-state index contributed by atoms with van der Waals surface area (Å²) in [5, 5.41) is 32.6. The van der Waals surface area contributed by atoms with E-state index in [1.165, 1.54) is 31.2 Å². The molecule has 0 aliphatic heterocycles. The van der Waals surface area contributed by atoms with Gasteiger partial charge < -0.3 is 10.4 Å². The van der Waals surface area contributed by atoms with E-state index >= 15 is 0 Å². The fourth-order valence-electron chi connectivity index (χ4n) is 2.50. The molecule has 10 nitrogen and oxygen atoms in total. The molecule has 0 saturated carbocycles. The number of nitrogens with zero attached hydrogens (tertiary/aromatic N) is 2. The van der Waals surface area contributed by atoms with Crippen LogP contribution in [0.15, 0.2) is 36.4 Å². The number of carboxylic acid groups (broad SMARTS) is 1. The number of aromatic carboxylic acids is 1. The molecule has 0 aromatic heterocycles. The number of aryl methyl sites for hydroxylation is 2. The van der Waals surface area contributed by atoms with Crippen molar-refractivity contribution in [3.05, 3.63) is 78.9 Å². The van der Waals surface area contributed by atoms with Gasteiger partial charge in [0.25, 0.3) is 17.3 Å². The molecule has 0 heterocycles. The Hall–Kier alpha value is -3.82. The largest absolute Gasteiger partial charge is 0.477 e. The van der Waals surface area contributed by atoms with E-state index in [4.69, 9.17) is 5.11 Å². The first-order chi connectivity index (χ1) is 13.5. The maximum atomic E-state index is 11.7. The van der Waals surface area contributed by atoms with Gasteiger partial charge in [0.05, 0.1) is 9.85 Å². The molecular formula is C19H21N3O7. The maximum absolute atomic E-state index is 11.7. The first-order valence-corrected chi connectivity index (χ1v) is 8.49. The smallest absolute Gasteiger partial charge is 0.342 e. The Bertz CT molecular complexity index is 955. The third kappa shape index (κ3) is 6.09. The number of carboxylic acids is 1. The van der Waals surface area contributed by atoms with Crippen molar-refractivity contribution in [2.24, 2.45) is 0 Å². The van der Waals surface area contributed by atoms with Crippen LogP contribution >= 0.6 is 0 Å². The van der Waals surface area contributed by atoms with Gasteiger partial charge in [0.2, 0.25) is 0 Å². The van der Waals surface area contributed by atoms with Crippen molar-refractivity contribution in [1.82, 2.24) is 5.32 Å². The highest BCUT2D eigenvalue weighted by atomic mass is 16.6. The standard InChI is InChI=1S/C11H14N2O3.C8H7NO4/c1-7(2)12-11(14)9-6-4-5-8(3)10(9)13(15)16;1-5-3-2-4-6(8(10)11)7(5)9(12)13/h4-7H,1-3H3,(H,12,14);2-4H,1H3,(H,10,11). The monoisotopic (exact) mass is 403 g/mol. The quantitative estimate of drug-likeness (QED) is 0.571.